The quantitative estimate of drug-likeness (QED) is 0.575. The molecule has 0 saturated heterocycles. The van der Waals surface area contributed by atoms with Gasteiger partial charge in [0.1, 0.15) is 6.04 Å². The molecule has 1 amide bonds. The molecular weight excluding hydrogens is 450 g/mol. The van der Waals surface area contributed by atoms with E-state index in [0.717, 1.165) is 5.56 Å². The Balaban J connectivity index is 2.07. The second-order valence-corrected chi connectivity index (χ2v) is 8.63. The number of nitrogens with one attached hydrogen (secondary N) is 1. The predicted molar refractivity (Wildman–Crippen MR) is 106 cm³/mol. The average Bonchev–Trinajstić information content (AvgIpc) is 2.62. The second-order valence-electron chi connectivity index (χ2n) is 6.20. The highest BCUT2D eigenvalue weighted by molar-refractivity contribution is 9.10. The van der Waals surface area contributed by atoms with Crippen molar-refractivity contribution in [3.05, 3.63) is 64.1 Å². The lowest BCUT2D eigenvalue weighted by Gasteiger charge is -2.18. The number of carboxylic acid groups (broad SMARTS) is 1. The molecule has 0 aliphatic rings. The largest absolute Gasteiger partial charge is 0.480 e. The normalized spacial score (nSPS) is 13.5. The van der Waals surface area contributed by atoms with E-state index in [2.05, 4.69) is 21.2 Å². The summed E-state index contributed by atoms with van der Waals surface area (Å²) < 4.78 is 30.2. The molecule has 2 atom stereocenters. The van der Waals surface area contributed by atoms with Gasteiger partial charge >= 0.3 is 5.97 Å². The Labute approximate surface area is 172 Å². The number of rotatable bonds is 8. The summed E-state index contributed by atoms with van der Waals surface area (Å²) in [5.41, 5.74) is 1.57. The zero-order valence-electron chi connectivity index (χ0n) is 15.3. The van der Waals surface area contributed by atoms with E-state index in [1.54, 1.807) is 36.4 Å². The molecule has 0 bridgehead atoms. The Hall–Kier alpha value is -2.23. The third-order valence-corrected chi connectivity index (χ3v) is 6.11. The predicted octanol–water partition coefficient (Wildman–Crippen LogP) is 2.66. The van der Waals surface area contributed by atoms with Crippen molar-refractivity contribution < 1.29 is 27.3 Å². The Morgan fingerprint density at radius 2 is 1.75 bits per heavy atom. The van der Waals surface area contributed by atoms with Crippen molar-refractivity contribution in [2.45, 2.75) is 37.3 Å². The van der Waals surface area contributed by atoms with Crippen molar-refractivity contribution in [1.82, 2.24) is 5.32 Å². The Morgan fingerprint density at radius 1 is 1.14 bits per heavy atom. The van der Waals surface area contributed by atoms with Crippen molar-refractivity contribution in [1.29, 1.82) is 0 Å². The Kier molecular flexibility index (Phi) is 7.34. The molecule has 0 radical (unpaired) electrons. The maximum absolute atomic E-state index is 12.3. The van der Waals surface area contributed by atoms with E-state index in [1.807, 2.05) is 6.92 Å². The summed E-state index contributed by atoms with van der Waals surface area (Å²) in [6.45, 7) is 3.06. The van der Waals surface area contributed by atoms with E-state index in [9.17, 15) is 23.1 Å². The lowest BCUT2D eigenvalue weighted by molar-refractivity contribution is -0.142. The highest BCUT2D eigenvalue weighted by Crippen LogP contribution is 2.18. The lowest BCUT2D eigenvalue weighted by atomic mass is 10.1. The SMILES string of the molecule is Cc1ccc(S(=O)(=O)O[C@H](C)C(=O)N[C@@H](Cc2ccccc2Br)C(=O)O)cc1. The molecule has 0 fully saturated rings. The average molecular weight is 470 g/mol. The molecule has 2 rings (SSSR count). The van der Waals surface area contributed by atoms with Crippen LogP contribution in [-0.2, 0) is 30.3 Å². The van der Waals surface area contributed by atoms with E-state index in [1.165, 1.54) is 19.1 Å². The number of amides is 1. The first-order chi connectivity index (χ1) is 13.1. The van der Waals surface area contributed by atoms with Gasteiger partial charge in [-0.2, -0.15) is 8.42 Å². The van der Waals surface area contributed by atoms with Crippen molar-refractivity contribution in [2.75, 3.05) is 0 Å². The van der Waals surface area contributed by atoms with Crippen LogP contribution in [0.3, 0.4) is 0 Å². The summed E-state index contributed by atoms with van der Waals surface area (Å²) in [5, 5.41) is 11.7. The van der Waals surface area contributed by atoms with Gasteiger partial charge in [0.15, 0.2) is 6.10 Å². The maximum atomic E-state index is 12.3. The van der Waals surface area contributed by atoms with Crippen LogP contribution in [0.2, 0.25) is 0 Å². The summed E-state index contributed by atoms with van der Waals surface area (Å²) in [7, 11) is -4.16. The van der Waals surface area contributed by atoms with Gasteiger partial charge in [-0.25, -0.2) is 4.79 Å². The van der Waals surface area contributed by atoms with Gasteiger partial charge in [-0.3, -0.25) is 8.98 Å². The number of halogens is 1. The molecule has 2 aromatic carbocycles. The number of aliphatic carboxylic acids is 1. The van der Waals surface area contributed by atoms with Gasteiger partial charge in [-0.1, -0.05) is 51.8 Å². The number of hydrogen-bond acceptors (Lipinski definition) is 5. The van der Waals surface area contributed by atoms with Crippen LogP contribution in [0.5, 0.6) is 0 Å². The third-order valence-electron chi connectivity index (χ3n) is 3.95. The first-order valence-corrected chi connectivity index (χ1v) is 10.6. The topological polar surface area (TPSA) is 110 Å². The van der Waals surface area contributed by atoms with Crippen LogP contribution in [0.15, 0.2) is 57.9 Å². The number of carbonyl (C=O) groups excluding carboxylic acids is 1. The Bertz CT molecular complexity index is 959. The van der Waals surface area contributed by atoms with E-state index in [-0.39, 0.29) is 11.3 Å². The molecule has 2 aromatic rings. The van der Waals surface area contributed by atoms with E-state index >= 15 is 0 Å². The summed E-state index contributed by atoms with van der Waals surface area (Å²) in [6.07, 6.45) is -1.37. The first-order valence-electron chi connectivity index (χ1n) is 8.36. The minimum Gasteiger partial charge on any atom is -0.480 e. The molecule has 0 spiro atoms. The first kappa shape index (κ1) is 22.1. The molecule has 0 heterocycles. The number of carbonyl (C=O) groups is 2. The number of carboxylic acids is 1. The van der Waals surface area contributed by atoms with Crippen LogP contribution in [0.25, 0.3) is 0 Å². The van der Waals surface area contributed by atoms with Crippen LogP contribution in [-0.4, -0.2) is 37.5 Å². The zero-order valence-corrected chi connectivity index (χ0v) is 17.7. The molecule has 2 N–H and O–H groups in total. The van der Waals surface area contributed by atoms with E-state index in [0.29, 0.717) is 10.0 Å². The lowest BCUT2D eigenvalue weighted by Crippen LogP contribution is -2.47. The molecule has 0 aromatic heterocycles. The van der Waals surface area contributed by atoms with Crippen LogP contribution < -0.4 is 5.32 Å². The summed E-state index contributed by atoms with van der Waals surface area (Å²) >= 11 is 3.33. The van der Waals surface area contributed by atoms with Crippen molar-refractivity contribution in [2.24, 2.45) is 0 Å². The fourth-order valence-corrected chi connectivity index (χ4v) is 3.86. The molecule has 0 aliphatic heterocycles. The highest BCUT2D eigenvalue weighted by atomic mass is 79.9. The van der Waals surface area contributed by atoms with Crippen LogP contribution in [0, 0.1) is 6.92 Å². The Morgan fingerprint density at radius 3 is 2.32 bits per heavy atom. The second kappa shape index (κ2) is 9.31. The van der Waals surface area contributed by atoms with Gasteiger partial charge in [0.2, 0.25) is 0 Å². The molecule has 28 heavy (non-hydrogen) atoms. The summed E-state index contributed by atoms with van der Waals surface area (Å²) in [4.78, 5) is 23.8. The van der Waals surface area contributed by atoms with Gasteiger partial charge in [0.05, 0.1) is 4.90 Å². The minimum atomic E-state index is -4.16. The van der Waals surface area contributed by atoms with Crippen LogP contribution in [0.4, 0.5) is 0 Å². The summed E-state index contributed by atoms with van der Waals surface area (Å²) in [6, 6.07) is 11.8. The smallest absolute Gasteiger partial charge is 0.326 e. The van der Waals surface area contributed by atoms with Crippen molar-refractivity contribution >= 4 is 37.9 Å². The number of benzene rings is 2. The van der Waals surface area contributed by atoms with E-state index < -0.39 is 34.1 Å². The van der Waals surface area contributed by atoms with Gasteiger partial charge in [-0.15, -0.1) is 0 Å². The standard InChI is InChI=1S/C19H20BrNO6S/c1-12-7-9-15(10-8-12)28(25,26)27-13(2)18(22)21-17(19(23)24)11-14-5-3-4-6-16(14)20/h3-10,13,17H,11H2,1-2H3,(H,21,22)(H,23,24)/t13-,17+/m1/s1. The molecule has 9 heteroatoms. The molecule has 0 saturated carbocycles. The molecule has 7 nitrogen and oxygen atoms in total. The van der Waals surface area contributed by atoms with Crippen LogP contribution >= 0.6 is 15.9 Å². The molecule has 0 aliphatic carbocycles. The van der Waals surface area contributed by atoms with Gasteiger partial charge < -0.3 is 10.4 Å². The van der Waals surface area contributed by atoms with Crippen LogP contribution in [0.1, 0.15) is 18.1 Å². The van der Waals surface area contributed by atoms with Gasteiger partial charge in [0, 0.05) is 10.9 Å². The fraction of sp³-hybridized carbons (Fsp3) is 0.263. The van der Waals surface area contributed by atoms with Crippen molar-refractivity contribution in [3.8, 4) is 0 Å². The van der Waals surface area contributed by atoms with E-state index in [4.69, 9.17) is 4.18 Å². The summed E-state index contributed by atoms with van der Waals surface area (Å²) in [5.74, 6) is -2.08. The molecule has 0 unspecified atom stereocenters. The maximum Gasteiger partial charge on any atom is 0.326 e. The molecular formula is C19H20BrNO6S. The number of hydrogen-bond donors (Lipinski definition) is 2. The monoisotopic (exact) mass is 469 g/mol. The van der Waals surface area contributed by atoms with Crippen molar-refractivity contribution in [3.63, 3.8) is 0 Å². The molecule has 150 valence electrons. The minimum absolute atomic E-state index is 0.0277. The van der Waals surface area contributed by atoms with Gasteiger partial charge in [0.25, 0.3) is 16.0 Å². The van der Waals surface area contributed by atoms with Gasteiger partial charge in [-0.05, 0) is 37.6 Å². The highest BCUT2D eigenvalue weighted by Gasteiger charge is 2.28. The zero-order chi connectivity index (χ0) is 20.9. The number of aryl methyl sites for hydroxylation is 1. The third kappa shape index (κ3) is 5.88. The fourth-order valence-electron chi connectivity index (χ4n) is 2.37.